The number of hydrogen-bond donors (Lipinski definition) is 1. The van der Waals surface area contributed by atoms with E-state index in [9.17, 15) is 9.59 Å². The van der Waals surface area contributed by atoms with E-state index in [0.29, 0.717) is 47.4 Å². The van der Waals surface area contributed by atoms with Crippen molar-refractivity contribution in [1.82, 2.24) is 14.8 Å². The van der Waals surface area contributed by atoms with Gasteiger partial charge in [-0.3, -0.25) is 9.59 Å². The standard InChI is InChI=1S/C22H21Cl2N3O2/c1-13-14(2)25-20-6-3-15(11-18(13)20)21(28)26-7-9-27(10-8-26)22(29)17-5-4-16(23)12-19(17)24/h3-6,11-12,25H,7-10H2,1-2H3. The van der Waals surface area contributed by atoms with Crippen molar-refractivity contribution in [2.75, 3.05) is 26.2 Å². The highest BCUT2D eigenvalue weighted by Crippen LogP contribution is 2.25. The summed E-state index contributed by atoms with van der Waals surface area (Å²) >= 11 is 12.1. The number of carbonyl (C=O) groups is 2. The lowest BCUT2D eigenvalue weighted by Crippen LogP contribution is -2.50. The van der Waals surface area contributed by atoms with Gasteiger partial charge in [0.25, 0.3) is 11.8 Å². The maximum atomic E-state index is 13.0. The van der Waals surface area contributed by atoms with Crippen molar-refractivity contribution in [2.24, 2.45) is 0 Å². The Morgan fingerprint density at radius 1 is 0.897 bits per heavy atom. The minimum Gasteiger partial charge on any atom is -0.358 e. The van der Waals surface area contributed by atoms with Crippen LogP contribution in [-0.2, 0) is 0 Å². The number of H-pyrrole nitrogens is 1. The van der Waals surface area contributed by atoms with E-state index in [-0.39, 0.29) is 11.8 Å². The van der Waals surface area contributed by atoms with Crippen LogP contribution in [0.2, 0.25) is 10.0 Å². The van der Waals surface area contributed by atoms with Crippen LogP contribution in [0.1, 0.15) is 32.0 Å². The molecule has 2 heterocycles. The van der Waals surface area contributed by atoms with E-state index >= 15 is 0 Å². The average molecular weight is 430 g/mol. The van der Waals surface area contributed by atoms with Gasteiger partial charge in [0.15, 0.2) is 0 Å². The van der Waals surface area contributed by atoms with Crippen molar-refractivity contribution < 1.29 is 9.59 Å². The maximum absolute atomic E-state index is 13.0. The molecular weight excluding hydrogens is 409 g/mol. The van der Waals surface area contributed by atoms with E-state index in [1.807, 2.05) is 25.1 Å². The minimum absolute atomic E-state index is 0.0122. The molecule has 5 nitrogen and oxygen atoms in total. The van der Waals surface area contributed by atoms with Gasteiger partial charge >= 0.3 is 0 Å². The average Bonchev–Trinajstić information content (AvgIpc) is 3.00. The first-order valence-corrected chi connectivity index (χ1v) is 10.2. The second-order valence-electron chi connectivity index (χ2n) is 7.34. The van der Waals surface area contributed by atoms with E-state index in [1.54, 1.807) is 28.0 Å². The number of rotatable bonds is 2. The van der Waals surface area contributed by atoms with Crippen LogP contribution in [0.25, 0.3) is 10.9 Å². The summed E-state index contributed by atoms with van der Waals surface area (Å²) in [5.74, 6) is -0.152. The predicted molar refractivity (Wildman–Crippen MR) is 116 cm³/mol. The van der Waals surface area contributed by atoms with Crippen molar-refractivity contribution in [1.29, 1.82) is 0 Å². The summed E-state index contributed by atoms with van der Waals surface area (Å²) < 4.78 is 0. The summed E-state index contributed by atoms with van der Waals surface area (Å²) in [6.45, 7) is 5.98. The molecule has 4 rings (SSSR count). The molecule has 29 heavy (non-hydrogen) atoms. The Bertz CT molecular complexity index is 1110. The third-order valence-electron chi connectivity index (χ3n) is 5.57. The SMILES string of the molecule is Cc1[nH]c2ccc(C(=O)N3CCN(C(=O)c4ccc(Cl)cc4Cl)CC3)cc2c1C. The van der Waals surface area contributed by atoms with Gasteiger partial charge in [0.1, 0.15) is 0 Å². The second kappa shape index (κ2) is 7.73. The van der Waals surface area contributed by atoms with Crippen LogP contribution in [0.5, 0.6) is 0 Å². The van der Waals surface area contributed by atoms with Crippen LogP contribution in [-0.4, -0.2) is 52.8 Å². The van der Waals surface area contributed by atoms with Gasteiger partial charge in [0, 0.05) is 53.4 Å². The van der Waals surface area contributed by atoms with Gasteiger partial charge in [-0.05, 0) is 55.8 Å². The first-order chi connectivity index (χ1) is 13.8. The van der Waals surface area contributed by atoms with Crippen LogP contribution < -0.4 is 0 Å². The van der Waals surface area contributed by atoms with Crippen molar-refractivity contribution in [2.45, 2.75) is 13.8 Å². The lowest BCUT2D eigenvalue weighted by molar-refractivity contribution is 0.0535. The zero-order valence-electron chi connectivity index (χ0n) is 16.3. The van der Waals surface area contributed by atoms with Crippen LogP contribution in [0.15, 0.2) is 36.4 Å². The quantitative estimate of drug-likeness (QED) is 0.642. The molecule has 0 radical (unpaired) electrons. The Kier molecular flexibility index (Phi) is 5.28. The monoisotopic (exact) mass is 429 g/mol. The molecule has 0 unspecified atom stereocenters. The van der Waals surface area contributed by atoms with E-state index in [2.05, 4.69) is 11.9 Å². The number of nitrogens with one attached hydrogen (secondary N) is 1. The van der Waals surface area contributed by atoms with Gasteiger partial charge in [-0.15, -0.1) is 0 Å². The smallest absolute Gasteiger partial charge is 0.255 e. The highest BCUT2D eigenvalue weighted by molar-refractivity contribution is 6.36. The molecule has 3 aromatic rings. The van der Waals surface area contributed by atoms with Crippen molar-refractivity contribution >= 4 is 45.9 Å². The number of hydrogen-bond acceptors (Lipinski definition) is 2. The molecule has 0 bridgehead atoms. The molecule has 2 aromatic carbocycles. The zero-order valence-corrected chi connectivity index (χ0v) is 17.8. The molecule has 1 N–H and O–H groups in total. The summed E-state index contributed by atoms with van der Waals surface area (Å²) in [6.07, 6.45) is 0. The van der Waals surface area contributed by atoms with Crippen molar-refractivity contribution in [3.05, 3.63) is 68.8 Å². The largest absolute Gasteiger partial charge is 0.358 e. The Hall–Kier alpha value is -2.50. The molecule has 1 aliphatic heterocycles. The molecule has 0 atom stereocenters. The van der Waals surface area contributed by atoms with Gasteiger partial charge in [-0.25, -0.2) is 0 Å². The van der Waals surface area contributed by atoms with E-state index in [4.69, 9.17) is 23.2 Å². The molecular formula is C22H21Cl2N3O2. The van der Waals surface area contributed by atoms with Crippen LogP contribution in [0, 0.1) is 13.8 Å². The number of piperazine rings is 1. The normalized spacial score (nSPS) is 14.5. The van der Waals surface area contributed by atoms with Gasteiger partial charge in [0.2, 0.25) is 0 Å². The lowest BCUT2D eigenvalue weighted by atomic mass is 10.1. The fraction of sp³-hybridized carbons (Fsp3) is 0.273. The van der Waals surface area contributed by atoms with Crippen LogP contribution in [0.3, 0.4) is 0 Å². The van der Waals surface area contributed by atoms with Crippen molar-refractivity contribution in [3.63, 3.8) is 0 Å². The molecule has 0 saturated carbocycles. The molecule has 7 heteroatoms. The number of fused-ring (bicyclic) bond motifs is 1. The summed E-state index contributed by atoms with van der Waals surface area (Å²) in [4.78, 5) is 32.6. The predicted octanol–water partition coefficient (Wildman–Crippen LogP) is 4.69. The molecule has 1 aliphatic rings. The number of aromatic amines is 1. The van der Waals surface area contributed by atoms with E-state index < -0.39 is 0 Å². The minimum atomic E-state index is -0.140. The first kappa shape index (κ1) is 19.8. The Morgan fingerprint density at radius 2 is 1.55 bits per heavy atom. The number of aryl methyl sites for hydroxylation is 2. The van der Waals surface area contributed by atoms with Gasteiger partial charge < -0.3 is 14.8 Å². The number of halogens is 2. The highest BCUT2D eigenvalue weighted by Gasteiger charge is 2.26. The summed E-state index contributed by atoms with van der Waals surface area (Å²) in [7, 11) is 0. The molecule has 1 saturated heterocycles. The van der Waals surface area contributed by atoms with Crippen LogP contribution in [0.4, 0.5) is 0 Å². The second-order valence-corrected chi connectivity index (χ2v) is 8.19. The van der Waals surface area contributed by atoms with Gasteiger partial charge in [-0.2, -0.15) is 0 Å². The molecule has 0 aliphatic carbocycles. The Morgan fingerprint density at radius 3 is 2.21 bits per heavy atom. The van der Waals surface area contributed by atoms with Gasteiger partial charge in [-0.1, -0.05) is 23.2 Å². The molecule has 1 fully saturated rings. The van der Waals surface area contributed by atoms with Crippen molar-refractivity contribution in [3.8, 4) is 0 Å². The summed E-state index contributed by atoms with van der Waals surface area (Å²) in [5.41, 5.74) is 4.40. The lowest BCUT2D eigenvalue weighted by Gasteiger charge is -2.35. The maximum Gasteiger partial charge on any atom is 0.255 e. The fourth-order valence-corrected chi connectivity index (χ4v) is 4.21. The summed E-state index contributed by atoms with van der Waals surface area (Å²) in [5, 5.41) is 1.90. The molecule has 2 amide bonds. The topological polar surface area (TPSA) is 56.4 Å². The number of benzene rings is 2. The number of aromatic nitrogens is 1. The first-order valence-electron chi connectivity index (χ1n) is 9.47. The zero-order chi connectivity index (χ0) is 20.7. The third kappa shape index (κ3) is 3.72. The molecule has 1 aromatic heterocycles. The Labute approximate surface area is 179 Å². The number of carbonyl (C=O) groups excluding carboxylic acids is 2. The van der Waals surface area contributed by atoms with Crippen LogP contribution >= 0.6 is 23.2 Å². The van der Waals surface area contributed by atoms with E-state index in [1.165, 1.54) is 0 Å². The van der Waals surface area contributed by atoms with Gasteiger partial charge in [0.05, 0.1) is 10.6 Å². The number of nitrogens with zero attached hydrogens (tertiary/aromatic N) is 2. The summed E-state index contributed by atoms with van der Waals surface area (Å²) in [6, 6.07) is 10.6. The molecule has 0 spiro atoms. The third-order valence-corrected chi connectivity index (χ3v) is 6.12. The fourth-order valence-electron chi connectivity index (χ4n) is 3.72. The number of amides is 2. The van der Waals surface area contributed by atoms with E-state index in [0.717, 1.165) is 22.2 Å². The Balaban J connectivity index is 1.46. The molecule has 150 valence electrons. The highest BCUT2D eigenvalue weighted by atomic mass is 35.5.